The van der Waals surface area contributed by atoms with Crippen LogP contribution in [0.1, 0.15) is 77.6 Å². The van der Waals surface area contributed by atoms with Gasteiger partial charge >= 0.3 is 6.09 Å². The number of hydrogen-bond donors (Lipinski definition) is 1. The third-order valence-corrected chi connectivity index (χ3v) is 7.54. The van der Waals surface area contributed by atoms with Crippen LogP contribution in [0, 0.1) is 23.2 Å². The van der Waals surface area contributed by atoms with Crippen molar-refractivity contribution in [1.29, 1.82) is 0 Å². The first-order valence-electron chi connectivity index (χ1n) is 11.3. The van der Waals surface area contributed by atoms with E-state index in [4.69, 9.17) is 4.74 Å². The molecule has 1 aliphatic heterocycles. The van der Waals surface area contributed by atoms with Gasteiger partial charge in [0.1, 0.15) is 0 Å². The van der Waals surface area contributed by atoms with E-state index in [1.54, 1.807) is 4.90 Å². The van der Waals surface area contributed by atoms with Crippen molar-refractivity contribution >= 4 is 12.0 Å². The fourth-order valence-corrected chi connectivity index (χ4v) is 6.73. The average Bonchev–Trinajstić information content (AvgIpc) is 2.60. The number of rotatable bonds is 6. The minimum atomic E-state index is -0.193. The zero-order valence-corrected chi connectivity index (χ0v) is 16.9. The van der Waals surface area contributed by atoms with Gasteiger partial charge in [0.25, 0.3) is 0 Å². The topological polar surface area (TPSA) is 58.6 Å². The second kappa shape index (κ2) is 8.00. The average molecular weight is 377 g/mol. The molecule has 5 nitrogen and oxygen atoms in total. The standard InChI is InChI=1S/C22H36N2O3/c1-2-3-8-27-21(26)24-6-4-19(5-7-24)23-20(25)15-22-12-16-9-17(13-22)11-18(10-16)14-22/h16-19H,2-15H2,1H3,(H,23,25). The second-order valence-electron chi connectivity index (χ2n) is 9.89. The fourth-order valence-electron chi connectivity index (χ4n) is 6.73. The molecule has 0 aromatic heterocycles. The van der Waals surface area contributed by atoms with Gasteiger partial charge < -0.3 is 15.0 Å². The lowest BCUT2D eigenvalue weighted by atomic mass is 9.49. The molecule has 5 aliphatic rings. The molecule has 0 radical (unpaired) electrons. The predicted octanol–water partition coefficient (Wildman–Crippen LogP) is 4.11. The Bertz CT molecular complexity index is 518. The Kier molecular flexibility index (Phi) is 5.65. The van der Waals surface area contributed by atoms with Gasteiger partial charge in [-0.15, -0.1) is 0 Å². The first-order chi connectivity index (χ1) is 13.0. The lowest BCUT2D eigenvalue weighted by Gasteiger charge is -2.56. The summed E-state index contributed by atoms with van der Waals surface area (Å²) < 4.78 is 5.30. The highest BCUT2D eigenvalue weighted by Crippen LogP contribution is 2.61. The highest BCUT2D eigenvalue weighted by Gasteiger charge is 2.51. The van der Waals surface area contributed by atoms with Gasteiger partial charge in [0, 0.05) is 25.6 Å². The zero-order chi connectivity index (χ0) is 18.9. The molecule has 152 valence electrons. The van der Waals surface area contributed by atoms with E-state index in [9.17, 15) is 9.59 Å². The number of hydrogen-bond acceptors (Lipinski definition) is 3. The van der Waals surface area contributed by atoms with Crippen LogP contribution in [0.5, 0.6) is 0 Å². The van der Waals surface area contributed by atoms with Crippen LogP contribution in [0.25, 0.3) is 0 Å². The van der Waals surface area contributed by atoms with E-state index in [1.165, 1.54) is 38.5 Å². The Morgan fingerprint density at radius 1 is 1.04 bits per heavy atom. The maximum absolute atomic E-state index is 12.8. The summed E-state index contributed by atoms with van der Waals surface area (Å²) in [7, 11) is 0. The molecule has 1 heterocycles. The van der Waals surface area contributed by atoms with Crippen molar-refractivity contribution in [1.82, 2.24) is 10.2 Å². The van der Waals surface area contributed by atoms with Crippen molar-refractivity contribution in [3.05, 3.63) is 0 Å². The summed E-state index contributed by atoms with van der Waals surface area (Å²) in [6, 6.07) is 0.214. The number of nitrogens with one attached hydrogen (secondary N) is 1. The molecule has 0 unspecified atom stereocenters. The zero-order valence-electron chi connectivity index (χ0n) is 16.9. The molecular formula is C22H36N2O3. The molecule has 4 aliphatic carbocycles. The van der Waals surface area contributed by atoms with Gasteiger partial charge in [0.15, 0.2) is 0 Å². The van der Waals surface area contributed by atoms with Crippen molar-refractivity contribution in [2.24, 2.45) is 23.2 Å². The number of unbranched alkanes of at least 4 members (excludes halogenated alkanes) is 1. The monoisotopic (exact) mass is 376 g/mol. The normalized spacial score (nSPS) is 35.3. The summed E-state index contributed by atoms with van der Waals surface area (Å²) in [6.45, 7) is 3.98. The minimum absolute atomic E-state index is 0.193. The van der Waals surface area contributed by atoms with Crippen LogP contribution < -0.4 is 5.32 Å². The summed E-state index contributed by atoms with van der Waals surface area (Å²) in [6.07, 6.45) is 12.3. The molecule has 4 saturated carbocycles. The lowest BCUT2D eigenvalue weighted by Crippen LogP contribution is -2.50. The minimum Gasteiger partial charge on any atom is -0.449 e. The van der Waals surface area contributed by atoms with Crippen LogP contribution in [0.2, 0.25) is 0 Å². The largest absolute Gasteiger partial charge is 0.449 e. The molecule has 0 spiro atoms. The molecule has 1 N–H and O–H groups in total. The summed E-state index contributed by atoms with van der Waals surface area (Å²) in [5.41, 5.74) is 0.308. The number of amides is 2. The van der Waals surface area contributed by atoms with Crippen LogP contribution in [0.4, 0.5) is 4.79 Å². The van der Waals surface area contributed by atoms with Gasteiger partial charge in [0.05, 0.1) is 6.61 Å². The third-order valence-electron chi connectivity index (χ3n) is 7.54. The fraction of sp³-hybridized carbons (Fsp3) is 0.909. The molecular weight excluding hydrogens is 340 g/mol. The molecule has 5 heteroatoms. The second-order valence-corrected chi connectivity index (χ2v) is 9.89. The van der Waals surface area contributed by atoms with E-state index >= 15 is 0 Å². The van der Waals surface area contributed by atoms with Gasteiger partial charge in [-0.3, -0.25) is 4.79 Å². The maximum atomic E-state index is 12.8. The first-order valence-corrected chi connectivity index (χ1v) is 11.3. The highest BCUT2D eigenvalue weighted by molar-refractivity contribution is 5.77. The number of piperidine rings is 1. The van der Waals surface area contributed by atoms with Gasteiger partial charge in [-0.25, -0.2) is 4.79 Å². The van der Waals surface area contributed by atoms with E-state index in [1.807, 2.05) is 0 Å². The lowest BCUT2D eigenvalue weighted by molar-refractivity contribution is -0.130. The van der Waals surface area contributed by atoms with Gasteiger partial charge in [-0.05, 0) is 81.0 Å². The Hall–Kier alpha value is -1.26. The Labute approximate surface area is 163 Å². The van der Waals surface area contributed by atoms with E-state index in [-0.39, 0.29) is 18.0 Å². The van der Waals surface area contributed by atoms with Crippen molar-refractivity contribution < 1.29 is 14.3 Å². The van der Waals surface area contributed by atoms with Crippen LogP contribution in [0.3, 0.4) is 0 Å². The first kappa shape index (κ1) is 19.1. The summed E-state index contributed by atoms with van der Waals surface area (Å²) in [4.78, 5) is 26.6. The summed E-state index contributed by atoms with van der Waals surface area (Å²) >= 11 is 0. The molecule has 5 rings (SSSR count). The van der Waals surface area contributed by atoms with Gasteiger partial charge in [0.2, 0.25) is 5.91 Å². The number of ether oxygens (including phenoxy) is 1. The molecule has 27 heavy (non-hydrogen) atoms. The van der Waals surface area contributed by atoms with Crippen molar-refractivity contribution in [3.8, 4) is 0 Å². The number of carbonyl (C=O) groups is 2. The summed E-state index contributed by atoms with van der Waals surface area (Å²) in [5.74, 6) is 2.93. The van der Waals surface area contributed by atoms with E-state index in [0.717, 1.165) is 49.9 Å². The molecule has 0 atom stereocenters. The Morgan fingerprint density at radius 3 is 2.19 bits per heavy atom. The Morgan fingerprint density at radius 2 is 1.63 bits per heavy atom. The van der Waals surface area contributed by atoms with Crippen molar-refractivity contribution in [2.75, 3.05) is 19.7 Å². The molecule has 2 amide bonds. The number of carbonyl (C=O) groups excluding carboxylic acids is 2. The van der Waals surface area contributed by atoms with Crippen LogP contribution in [-0.4, -0.2) is 42.6 Å². The summed E-state index contributed by atoms with van der Waals surface area (Å²) in [5, 5.41) is 3.29. The smallest absolute Gasteiger partial charge is 0.409 e. The van der Waals surface area contributed by atoms with Crippen LogP contribution >= 0.6 is 0 Å². The van der Waals surface area contributed by atoms with Crippen molar-refractivity contribution in [3.63, 3.8) is 0 Å². The van der Waals surface area contributed by atoms with Crippen LogP contribution in [0.15, 0.2) is 0 Å². The SMILES string of the molecule is CCCCOC(=O)N1CCC(NC(=O)CC23CC4CC(CC(C4)C2)C3)CC1. The molecule has 5 fully saturated rings. The number of likely N-dealkylation sites (tertiary alicyclic amines) is 1. The predicted molar refractivity (Wildman–Crippen MR) is 104 cm³/mol. The molecule has 1 saturated heterocycles. The van der Waals surface area contributed by atoms with E-state index in [0.29, 0.717) is 25.1 Å². The van der Waals surface area contributed by atoms with E-state index in [2.05, 4.69) is 12.2 Å². The third kappa shape index (κ3) is 4.43. The van der Waals surface area contributed by atoms with Crippen molar-refractivity contribution in [2.45, 2.75) is 83.6 Å². The maximum Gasteiger partial charge on any atom is 0.409 e. The van der Waals surface area contributed by atoms with Gasteiger partial charge in [-0.1, -0.05) is 13.3 Å². The quantitative estimate of drug-likeness (QED) is 0.710. The Balaban J connectivity index is 1.20. The number of nitrogens with zero attached hydrogens (tertiary/aromatic N) is 1. The molecule has 0 aromatic carbocycles. The highest BCUT2D eigenvalue weighted by atomic mass is 16.6. The molecule has 4 bridgehead atoms. The van der Waals surface area contributed by atoms with Crippen LogP contribution in [-0.2, 0) is 9.53 Å². The molecule has 0 aromatic rings. The van der Waals surface area contributed by atoms with Gasteiger partial charge in [-0.2, -0.15) is 0 Å². The van der Waals surface area contributed by atoms with E-state index < -0.39 is 0 Å².